The molecule has 0 radical (unpaired) electrons. The predicted octanol–water partition coefficient (Wildman–Crippen LogP) is 2.51. The van der Waals surface area contributed by atoms with Gasteiger partial charge in [-0.3, -0.25) is 19.0 Å². The lowest BCUT2D eigenvalue weighted by atomic mass is 10.1. The number of hydrogen-bond donors (Lipinski definition) is 3. The number of rotatable bonds is 5. The van der Waals surface area contributed by atoms with Crippen molar-refractivity contribution in [2.75, 3.05) is 12.4 Å². The standard InChI is InChI=1S/C19H14ClF2N5O3/c1-24-19(30)15-16(17(23)28)27(8-25-15)11-4-2-10(3-5-11)26-18(29)14-12(20)6-9(21)7-13(14)22/h2-8H,1H3,(H2,23,28)(H,24,30)(H,26,29). The molecule has 0 aliphatic carbocycles. The summed E-state index contributed by atoms with van der Waals surface area (Å²) in [6, 6.07) is 7.34. The largest absolute Gasteiger partial charge is 0.364 e. The van der Waals surface area contributed by atoms with Crippen molar-refractivity contribution in [3.63, 3.8) is 0 Å². The van der Waals surface area contributed by atoms with Gasteiger partial charge < -0.3 is 16.4 Å². The van der Waals surface area contributed by atoms with Crippen LogP contribution in [0.3, 0.4) is 0 Å². The molecule has 0 fully saturated rings. The third-order valence-electron chi connectivity index (χ3n) is 4.08. The molecule has 0 bridgehead atoms. The first-order valence-electron chi connectivity index (χ1n) is 8.38. The van der Waals surface area contributed by atoms with Crippen molar-refractivity contribution in [2.45, 2.75) is 0 Å². The topological polar surface area (TPSA) is 119 Å². The van der Waals surface area contributed by atoms with Gasteiger partial charge in [0.05, 0.1) is 10.6 Å². The summed E-state index contributed by atoms with van der Waals surface area (Å²) in [5.41, 5.74) is 5.33. The number of nitrogens with zero attached hydrogens (tertiary/aromatic N) is 2. The number of nitrogens with one attached hydrogen (secondary N) is 2. The van der Waals surface area contributed by atoms with Crippen LogP contribution in [0.4, 0.5) is 14.5 Å². The zero-order valence-electron chi connectivity index (χ0n) is 15.4. The van der Waals surface area contributed by atoms with Crippen molar-refractivity contribution in [1.82, 2.24) is 14.9 Å². The summed E-state index contributed by atoms with van der Waals surface area (Å²) in [5, 5.41) is 4.44. The number of primary amides is 1. The number of anilines is 1. The van der Waals surface area contributed by atoms with E-state index in [2.05, 4.69) is 15.6 Å². The lowest BCUT2D eigenvalue weighted by Gasteiger charge is -2.10. The molecule has 0 atom stereocenters. The zero-order valence-corrected chi connectivity index (χ0v) is 16.1. The highest BCUT2D eigenvalue weighted by atomic mass is 35.5. The van der Waals surface area contributed by atoms with Crippen LogP contribution in [0.1, 0.15) is 31.3 Å². The Kier molecular flexibility index (Phi) is 5.79. The Balaban J connectivity index is 1.88. The van der Waals surface area contributed by atoms with Gasteiger partial charge in [0.1, 0.15) is 23.7 Å². The predicted molar refractivity (Wildman–Crippen MR) is 105 cm³/mol. The second kappa shape index (κ2) is 8.29. The van der Waals surface area contributed by atoms with E-state index in [1.807, 2.05) is 0 Å². The van der Waals surface area contributed by atoms with E-state index in [0.29, 0.717) is 11.8 Å². The van der Waals surface area contributed by atoms with E-state index in [9.17, 15) is 23.2 Å². The van der Waals surface area contributed by atoms with E-state index in [1.165, 1.54) is 42.2 Å². The van der Waals surface area contributed by atoms with Crippen molar-refractivity contribution >= 4 is 35.0 Å². The van der Waals surface area contributed by atoms with Crippen LogP contribution in [-0.2, 0) is 0 Å². The zero-order chi connectivity index (χ0) is 22.0. The summed E-state index contributed by atoms with van der Waals surface area (Å²) in [4.78, 5) is 39.9. The average Bonchev–Trinajstić information content (AvgIpc) is 3.12. The first kappa shape index (κ1) is 20.9. The molecule has 0 aliphatic rings. The molecule has 8 nitrogen and oxygen atoms in total. The number of carbonyl (C=O) groups is 3. The quantitative estimate of drug-likeness (QED) is 0.572. The molecular weight excluding hydrogens is 420 g/mol. The molecular formula is C19H14ClF2N5O3. The van der Waals surface area contributed by atoms with Crippen molar-refractivity contribution < 1.29 is 23.2 Å². The van der Waals surface area contributed by atoms with Crippen LogP contribution in [0, 0.1) is 11.6 Å². The van der Waals surface area contributed by atoms with Crippen LogP contribution >= 0.6 is 11.6 Å². The summed E-state index contributed by atoms with van der Waals surface area (Å²) < 4.78 is 28.4. The number of benzene rings is 2. The van der Waals surface area contributed by atoms with E-state index in [1.54, 1.807) is 0 Å². The fraction of sp³-hybridized carbons (Fsp3) is 0.0526. The number of aromatic nitrogens is 2. The van der Waals surface area contributed by atoms with E-state index in [-0.39, 0.29) is 22.1 Å². The first-order valence-corrected chi connectivity index (χ1v) is 8.76. The molecule has 3 amide bonds. The summed E-state index contributed by atoms with van der Waals surface area (Å²) in [6.45, 7) is 0. The Morgan fingerprint density at radius 2 is 1.77 bits per heavy atom. The van der Waals surface area contributed by atoms with Gasteiger partial charge in [0.15, 0.2) is 5.69 Å². The average molecular weight is 434 g/mol. The number of carbonyl (C=O) groups excluding carboxylic acids is 3. The van der Waals surface area contributed by atoms with Crippen LogP contribution in [-0.4, -0.2) is 34.3 Å². The summed E-state index contributed by atoms with van der Waals surface area (Å²) in [6.07, 6.45) is 1.26. The van der Waals surface area contributed by atoms with E-state index in [0.717, 1.165) is 6.07 Å². The molecule has 0 spiro atoms. The van der Waals surface area contributed by atoms with Crippen molar-refractivity contribution in [2.24, 2.45) is 5.73 Å². The van der Waals surface area contributed by atoms with E-state index in [4.69, 9.17) is 17.3 Å². The number of hydrogen-bond acceptors (Lipinski definition) is 4. The third kappa shape index (κ3) is 3.98. The summed E-state index contributed by atoms with van der Waals surface area (Å²) in [5.74, 6) is -4.30. The van der Waals surface area contributed by atoms with Gasteiger partial charge in [-0.2, -0.15) is 0 Å². The molecule has 0 aliphatic heterocycles. The van der Waals surface area contributed by atoms with Crippen LogP contribution in [0.2, 0.25) is 5.02 Å². The molecule has 0 unspecified atom stereocenters. The molecule has 0 saturated carbocycles. The maximum atomic E-state index is 13.9. The molecule has 2 aromatic carbocycles. The molecule has 0 saturated heterocycles. The molecule has 4 N–H and O–H groups in total. The maximum Gasteiger partial charge on any atom is 0.272 e. The Hall–Kier alpha value is -3.79. The minimum atomic E-state index is -1.10. The van der Waals surface area contributed by atoms with Gasteiger partial charge in [0.2, 0.25) is 0 Å². The number of halogens is 3. The molecule has 1 aromatic heterocycles. The van der Waals surface area contributed by atoms with Gasteiger partial charge in [-0.15, -0.1) is 0 Å². The van der Waals surface area contributed by atoms with E-state index >= 15 is 0 Å². The minimum absolute atomic E-state index is 0.119. The van der Waals surface area contributed by atoms with Crippen molar-refractivity contribution in [3.05, 3.63) is 76.3 Å². The van der Waals surface area contributed by atoms with Crippen LogP contribution in [0.15, 0.2) is 42.7 Å². The number of amides is 3. The third-order valence-corrected chi connectivity index (χ3v) is 4.38. The fourth-order valence-corrected chi connectivity index (χ4v) is 3.00. The molecule has 154 valence electrons. The monoisotopic (exact) mass is 433 g/mol. The van der Waals surface area contributed by atoms with Crippen molar-refractivity contribution in [1.29, 1.82) is 0 Å². The van der Waals surface area contributed by atoms with Gasteiger partial charge in [-0.1, -0.05) is 11.6 Å². The Bertz CT molecular complexity index is 1140. The fourth-order valence-electron chi connectivity index (χ4n) is 2.72. The van der Waals surface area contributed by atoms with Crippen LogP contribution in [0.5, 0.6) is 0 Å². The van der Waals surface area contributed by atoms with Gasteiger partial charge in [-0.05, 0) is 30.3 Å². The highest BCUT2D eigenvalue weighted by molar-refractivity contribution is 6.34. The molecule has 30 heavy (non-hydrogen) atoms. The second-order valence-corrected chi connectivity index (χ2v) is 6.41. The second-order valence-electron chi connectivity index (χ2n) is 6.00. The van der Waals surface area contributed by atoms with Crippen molar-refractivity contribution in [3.8, 4) is 5.69 Å². The van der Waals surface area contributed by atoms with Crippen LogP contribution < -0.4 is 16.4 Å². The molecule has 1 heterocycles. The Labute approximate surface area is 173 Å². The normalized spacial score (nSPS) is 10.5. The van der Waals surface area contributed by atoms with E-state index < -0.39 is 34.9 Å². The van der Waals surface area contributed by atoms with Gasteiger partial charge >= 0.3 is 0 Å². The highest BCUT2D eigenvalue weighted by Crippen LogP contribution is 2.23. The summed E-state index contributed by atoms with van der Waals surface area (Å²) in [7, 11) is 1.39. The first-order chi connectivity index (χ1) is 14.2. The van der Waals surface area contributed by atoms with Gasteiger partial charge in [-0.25, -0.2) is 13.8 Å². The summed E-state index contributed by atoms with van der Waals surface area (Å²) >= 11 is 5.76. The maximum absolute atomic E-state index is 13.9. The molecule has 3 rings (SSSR count). The molecule has 3 aromatic rings. The van der Waals surface area contributed by atoms with Gasteiger partial charge in [0, 0.05) is 24.5 Å². The molecule has 11 heteroatoms. The Morgan fingerprint density at radius 3 is 2.33 bits per heavy atom. The highest BCUT2D eigenvalue weighted by Gasteiger charge is 2.22. The lowest BCUT2D eigenvalue weighted by molar-refractivity contribution is 0.0937. The smallest absolute Gasteiger partial charge is 0.272 e. The number of imidazole rings is 1. The SMILES string of the molecule is CNC(=O)c1ncn(-c2ccc(NC(=O)c3c(F)cc(F)cc3Cl)cc2)c1C(N)=O. The van der Waals surface area contributed by atoms with Crippen LogP contribution in [0.25, 0.3) is 5.69 Å². The Morgan fingerprint density at radius 1 is 1.10 bits per heavy atom. The number of nitrogens with two attached hydrogens (primary N) is 1. The minimum Gasteiger partial charge on any atom is -0.364 e. The van der Waals surface area contributed by atoms with Gasteiger partial charge in [0.25, 0.3) is 17.7 Å². The lowest BCUT2D eigenvalue weighted by Crippen LogP contribution is -2.25.